The largest absolute Gasteiger partial charge is 0.381 e. The summed E-state index contributed by atoms with van der Waals surface area (Å²) in [7, 11) is 0. The molecule has 0 radical (unpaired) electrons. The highest BCUT2D eigenvalue weighted by atomic mass is 16.5. The lowest BCUT2D eigenvalue weighted by Gasteiger charge is -2.16. The van der Waals surface area contributed by atoms with Gasteiger partial charge in [-0.1, -0.05) is 34.6 Å². The number of amides is 4. The van der Waals surface area contributed by atoms with E-state index in [1.807, 2.05) is 41.5 Å². The van der Waals surface area contributed by atoms with Gasteiger partial charge in [0.05, 0.1) is 25.9 Å². The summed E-state index contributed by atoms with van der Waals surface area (Å²) in [6.45, 7) is 14.7. The van der Waals surface area contributed by atoms with E-state index in [4.69, 9.17) is 18.9 Å². The third-order valence-corrected chi connectivity index (χ3v) is 7.56. The van der Waals surface area contributed by atoms with Crippen molar-refractivity contribution < 1.29 is 47.7 Å². The maximum Gasteiger partial charge on any atom is 0.246 e. The zero-order chi connectivity index (χ0) is 37.6. The van der Waals surface area contributed by atoms with Crippen molar-refractivity contribution in [2.75, 3.05) is 72.4 Å². The van der Waals surface area contributed by atoms with Crippen LogP contribution >= 0.6 is 0 Å². The Bertz CT molecular complexity index is 977. The third kappa shape index (κ3) is 29.9. The normalized spacial score (nSPS) is 12.4. The van der Waals surface area contributed by atoms with E-state index in [0.29, 0.717) is 103 Å². The van der Waals surface area contributed by atoms with Crippen molar-refractivity contribution in [2.45, 2.75) is 105 Å². The zero-order valence-electron chi connectivity index (χ0n) is 31.5. The van der Waals surface area contributed by atoms with Crippen LogP contribution in [0.15, 0.2) is 0 Å². The molecule has 50 heavy (non-hydrogen) atoms. The van der Waals surface area contributed by atoms with Gasteiger partial charge in [-0.25, -0.2) is 0 Å². The maximum atomic E-state index is 12.5. The van der Waals surface area contributed by atoms with Crippen LogP contribution in [-0.4, -0.2) is 114 Å². The first-order valence-corrected chi connectivity index (χ1v) is 18.3. The molecule has 2 atom stereocenters. The van der Waals surface area contributed by atoms with Gasteiger partial charge >= 0.3 is 0 Å². The summed E-state index contributed by atoms with van der Waals surface area (Å²) in [5, 5.41) is 11.1. The van der Waals surface area contributed by atoms with E-state index in [2.05, 4.69) is 21.3 Å². The van der Waals surface area contributed by atoms with Gasteiger partial charge in [0.25, 0.3) is 0 Å². The van der Waals surface area contributed by atoms with Crippen molar-refractivity contribution in [3.63, 3.8) is 0 Å². The maximum absolute atomic E-state index is 12.5. The Morgan fingerprint density at radius 3 is 1.68 bits per heavy atom. The molecule has 14 heteroatoms. The first-order chi connectivity index (χ1) is 23.8. The molecule has 0 aliphatic rings. The molecule has 0 heterocycles. The summed E-state index contributed by atoms with van der Waals surface area (Å²) in [6.07, 6.45) is 4.49. The minimum atomic E-state index is -0.299. The zero-order valence-corrected chi connectivity index (χ0v) is 31.5. The summed E-state index contributed by atoms with van der Waals surface area (Å²) in [4.78, 5) is 71.5. The van der Waals surface area contributed by atoms with Gasteiger partial charge in [0, 0.05) is 76.9 Å². The fraction of sp³-hybridized carbons (Fsp3) is 0.833. The topological polar surface area (TPSA) is 187 Å². The summed E-state index contributed by atoms with van der Waals surface area (Å²) >= 11 is 0. The molecule has 0 saturated heterocycles. The van der Waals surface area contributed by atoms with Crippen LogP contribution in [0.1, 0.15) is 99.3 Å². The van der Waals surface area contributed by atoms with Crippen LogP contribution in [0.3, 0.4) is 0 Å². The summed E-state index contributed by atoms with van der Waals surface area (Å²) < 4.78 is 21.7. The monoisotopic (exact) mass is 714 g/mol. The van der Waals surface area contributed by atoms with Crippen LogP contribution in [0.5, 0.6) is 0 Å². The van der Waals surface area contributed by atoms with Gasteiger partial charge in [0.15, 0.2) is 0 Å². The fourth-order valence-corrected chi connectivity index (χ4v) is 4.41. The van der Waals surface area contributed by atoms with Gasteiger partial charge in [-0.05, 0) is 44.9 Å². The van der Waals surface area contributed by atoms with E-state index in [-0.39, 0.29) is 79.5 Å². The molecule has 0 aliphatic carbocycles. The summed E-state index contributed by atoms with van der Waals surface area (Å²) in [5.41, 5.74) is 0. The molecular weight excluding hydrogens is 648 g/mol. The van der Waals surface area contributed by atoms with Gasteiger partial charge in [0.1, 0.15) is 24.8 Å². The van der Waals surface area contributed by atoms with E-state index in [1.165, 1.54) is 0 Å². The number of rotatable bonds is 33. The van der Waals surface area contributed by atoms with Gasteiger partial charge < -0.3 is 40.2 Å². The lowest BCUT2D eigenvalue weighted by atomic mass is 9.95. The van der Waals surface area contributed by atoms with Crippen molar-refractivity contribution in [1.29, 1.82) is 0 Å². The number of hydrogen-bond donors (Lipinski definition) is 4. The lowest BCUT2D eigenvalue weighted by Crippen LogP contribution is -2.34. The molecule has 0 aliphatic heterocycles. The smallest absolute Gasteiger partial charge is 0.246 e. The number of ketones is 2. The number of nitrogens with one attached hydrogen (secondary N) is 4. The lowest BCUT2D eigenvalue weighted by molar-refractivity contribution is -0.129. The second-order valence-electron chi connectivity index (χ2n) is 13.3. The summed E-state index contributed by atoms with van der Waals surface area (Å²) in [6, 6.07) is 0. The highest BCUT2D eigenvalue weighted by Crippen LogP contribution is 2.14. The standard InChI is InChI=1S/C36H66N4O10/c1-27(2)24-34(44)38-16-9-20-47-19-8-15-37-33(43)11-7-10-32(42)29(5)12-13-30(6)50-26-36(46)40-18-23-49-25-35(45)39-17-22-48-21-14-31(41)28(3)4/h27-30H,7-26H2,1-6H3,(H,37,43)(H,38,44)(H,39,45)(H,40,46). The molecule has 0 bridgehead atoms. The number of Topliss-reactive ketones (excluding diaryl/α,β-unsaturated/α-hetero) is 2. The van der Waals surface area contributed by atoms with Gasteiger partial charge in [-0.2, -0.15) is 0 Å². The quantitative estimate of drug-likeness (QED) is 0.0736. The molecule has 2 unspecified atom stereocenters. The average Bonchev–Trinajstić information content (AvgIpc) is 3.06. The average molecular weight is 715 g/mol. The van der Waals surface area contributed by atoms with E-state index in [1.54, 1.807) is 0 Å². The Labute approximate surface area is 299 Å². The predicted molar refractivity (Wildman–Crippen MR) is 190 cm³/mol. The van der Waals surface area contributed by atoms with Crippen molar-refractivity contribution in [1.82, 2.24) is 21.3 Å². The molecule has 4 N–H and O–H groups in total. The first-order valence-electron chi connectivity index (χ1n) is 18.3. The Morgan fingerprint density at radius 1 is 0.500 bits per heavy atom. The number of carbonyl (C=O) groups is 6. The molecule has 4 amide bonds. The first kappa shape index (κ1) is 47.1. The van der Waals surface area contributed by atoms with Crippen molar-refractivity contribution in [2.24, 2.45) is 17.8 Å². The number of ether oxygens (including phenoxy) is 4. The molecule has 0 aromatic carbocycles. The highest BCUT2D eigenvalue weighted by molar-refractivity contribution is 5.82. The predicted octanol–water partition coefficient (Wildman–Crippen LogP) is 2.50. The number of hydrogen-bond acceptors (Lipinski definition) is 10. The fourth-order valence-electron chi connectivity index (χ4n) is 4.41. The van der Waals surface area contributed by atoms with Gasteiger partial charge in [-0.3, -0.25) is 28.8 Å². The van der Waals surface area contributed by atoms with Crippen molar-refractivity contribution in [3.8, 4) is 0 Å². The molecule has 0 saturated carbocycles. The van der Waals surface area contributed by atoms with Crippen molar-refractivity contribution >= 4 is 35.2 Å². The van der Waals surface area contributed by atoms with Gasteiger partial charge in [0.2, 0.25) is 23.6 Å². The molecule has 0 spiro atoms. The SMILES string of the molecule is CC(C)CC(=O)NCCCOCCCNC(=O)CCCC(=O)C(C)CCC(C)OCC(=O)NCCOCC(=O)NCCOCCC(=O)C(C)C. The highest BCUT2D eigenvalue weighted by Gasteiger charge is 2.16. The molecular formula is C36H66N4O10. The van der Waals surface area contributed by atoms with E-state index in [0.717, 1.165) is 6.42 Å². The Hall–Kier alpha value is -2.94. The van der Waals surface area contributed by atoms with Crippen LogP contribution < -0.4 is 21.3 Å². The molecule has 0 fully saturated rings. The van der Waals surface area contributed by atoms with Crippen LogP contribution in [0.4, 0.5) is 0 Å². The van der Waals surface area contributed by atoms with E-state index >= 15 is 0 Å². The van der Waals surface area contributed by atoms with Crippen LogP contribution in [0.2, 0.25) is 0 Å². The second kappa shape index (κ2) is 30.8. The molecule has 14 nitrogen and oxygen atoms in total. The molecule has 0 aromatic heterocycles. The van der Waals surface area contributed by atoms with Crippen LogP contribution in [-0.2, 0) is 47.7 Å². The number of carbonyl (C=O) groups excluding carboxylic acids is 6. The summed E-state index contributed by atoms with van der Waals surface area (Å²) in [5.74, 6) is -0.201. The Morgan fingerprint density at radius 2 is 1.06 bits per heavy atom. The van der Waals surface area contributed by atoms with Gasteiger partial charge in [-0.15, -0.1) is 0 Å². The van der Waals surface area contributed by atoms with Crippen molar-refractivity contribution in [3.05, 3.63) is 0 Å². The molecule has 0 rings (SSSR count). The minimum absolute atomic E-state index is 0.0109. The Kier molecular flexibility index (Phi) is 29.0. The minimum Gasteiger partial charge on any atom is -0.381 e. The third-order valence-electron chi connectivity index (χ3n) is 7.56. The molecule has 0 aromatic rings. The van der Waals surface area contributed by atoms with E-state index < -0.39 is 0 Å². The van der Waals surface area contributed by atoms with Crippen LogP contribution in [0, 0.1) is 17.8 Å². The Balaban J connectivity index is 3.72. The van der Waals surface area contributed by atoms with E-state index in [9.17, 15) is 28.8 Å². The second-order valence-corrected chi connectivity index (χ2v) is 13.3. The van der Waals surface area contributed by atoms with Crippen LogP contribution in [0.25, 0.3) is 0 Å². The molecule has 290 valence electrons.